The van der Waals surface area contributed by atoms with Crippen LogP contribution in [0.2, 0.25) is 0 Å². The zero-order valence-electron chi connectivity index (χ0n) is 31.7. The fourth-order valence-corrected chi connectivity index (χ4v) is 8.61. The average molecular weight is 740 g/mol. The molecule has 0 fully saturated rings. The van der Waals surface area contributed by atoms with E-state index in [0.29, 0.717) is 0 Å². The van der Waals surface area contributed by atoms with Crippen LogP contribution >= 0.6 is 0 Å². The molecule has 11 aromatic rings. The minimum Gasteiger partial charge on any atom is -0.455 e. The minimum atomic E-state index is 0.919. The van der Waals surface area contributed by atoms with Crippen molar-refractivity contribution in [2.75, 3.05) is 4.90 Å². The zero-order chi connectivity index (χ0) is 38.4. The summed E-state index contributed by atoms with van der Waals surface area (Å²) in [6.07, 6.45) is 0. The highest BCUT2D eigenvalue weighted by Gasteiger charge is 2.19. The molecule has 0 amide bonds. The van der Waals surface area contributed by atoms with Crippen LogP contribution in [0.25, 0.3) is 88.0 Å². The van der Waals surface area contributed by atoms with Gasteiger partial charge >= 0.3 is 0 Å². The Hall–Kier alpha value is -7.68. The molecule has 0 aliphatic heterocycles. The van der Waals surface area contributed by atoms with E-state index >= 15 is 0 Å². The van der Waals surface area contributed by atoms with Crippen LogP contribution < -0.4 is 4.90 Å². The molecular weight excluding hydrogens is 703 g/mol. The van der Waals surface area contributed by atoms with Gasteiger partial charge in [-0.15, -0.1) is 0 Å². The van der Waals surface area contributed by atoms with Crippen molar-refractivity contribution in [2.24, 2.45) is 0 Å². The van der Waals surface area contributed by atoms with Crippen LogP contribution in [0.5, 0.6) is 0 Å². The van der Waals surface area contributed by atoms with E-state index in [0.717, 1.165) is 61.3 Å². The van der Waals surface area contributed by atoms with Crippen LogP contribution in [-0.2, 0) is 0 Å². The van der Waals surface area contributed by atoms with E-state index in [1.165, 1.54) is 43.8 Å². The molecule has 272 valence electrons. The van der Waals surface area contributed by atoms with Crippen molar-refractivity contribution < 1.29 is 4.42 Å². The second kappa shape index (κ2) is 14.1. The highest BCUT2D eigenvalue weighted by atomic mass is 16.3. The van der Waals surface area contributed by atoms with E-state index in [1.807, 2.05) is 0 Å². The Morgan fingerprint density at radius 1 is 0.276 bits per heavy atom. The molecule has 1 heterocycles. The van der Waals surface area contributed by atoms with E-state index in [2.05, 4.69) is 229 Å². The van der Waals surface area contributed by atoms with Gasteiger partial charge in [-0.2, -0.15) is 0 Å². The molecule has 0 saturated carbocycles. The van der Waals surface area contributed by atoms with Crippen molar-refractivity contribution >= 4 is 60.5 Å². The second-order valence-electron chi connectivity index (χ2n) is 14.9. The Labute approximate surface area is 337 Å². The van der Waals surface area contributed by atoms with Gasteiger partial charge in [0.1, 0.15) is 11.2 Å². The molecule has 2 nitrogen and oxygen atoms in total. The Kier molecular flexibility index (Phi) is 8.19. The van der Waals surface area contributed by atoms with E-state index < -0.39 is 0 Å². The normalized spacial score (nSPS) is 11.4. The first-order chi connectivity index (χ1) is 28.8. The van der Waals surface area contributed by atoms with Crippen molar-refractivity contribution in [3.63, 3.8) is 0 Å². The number of para-hydroxylation sites is 2. The molecule has 0 unspecified atom stereocenters. The lowest BCUT2D eigenvalue weighted by Crippen LogP contribution is -2.11. The summed E-state index contributed by atoms with van der Waals surface area (Å²) in [6, 6.07) is 80.4. The maximum Gasteiger partial charge on any atom is 0.143 e. The van der Waals surface area contributed by atoms with E-state index in [-0.39, 0.29) is 0 Å². The quantitative estimate of drug-likeness (QED) is 0.151. The van der Waals surface area contributed by atoms with Gasteiger partial charge in [0, 0.05) is 38.7 Å². The topological polar surface area (TPSA) is 16.4 Å². The van der Waals surface area contributed by atoms with Gasteiger partial charge in [0.15, 0.2) is 0 Å². The van der Waals surface area contributed by atoms with Crippen molar-refractivity contribution in [1.82, 2.24) is 0 Å². The Morgan fingerprint density at radius 2 is 0.741 bits per heavy atom. The van der Waals surface area contributed by atoms with Crippen LogP contribution in [0.3, 0.4) is 0 Å². The van der Waals surface area contributed by atoms with Gasteiger partial charge in [-0.1, -0.05) is 188 Å². The highest BCUT2D eigenvalue weighted by molar-refractivity contribution is 6.24. The SMILES string of the molecule is c1ccc(-c2ccc(N(c3ccc(-c4ccc(-c5cccc6c5oc5c6ccc6ccc7ccccc7c65)cc4)cc3)c3ccccc3-c3ccccc3)cc2)cc1. The summed E-state index contributed by atoms with van der Waals surface area (Å²) >= 11 is 0. The third-order valence-electron chi connectivity index (χ3n) is 11.5. The third-order valence-corrected chi connectivity index (χ3v) is 11.5. The van der Waals surface area contributed by atoms with Crippen LogP contribution in [0.15, 0.2) is 229 Å². The summed E-state index contributed by atoms with van der Waals surface area (Å²) in [5, 5.41) is 7.06. The molecular formula is C56H37NO. The fraction of sp³-hybridized carbons (Fsp3) is 0. The third kappa shape index (κ3) is 5.82. The molecule has 0 N–H and O–H groups in total. The number of nitrogens with zero attached hydrogens (tertiary/aromatic N) is 1. The Morgan fingerprint density at radius 3 is 1.45 bits per heavy atom. The molecule has 11 rings (SSSR count). The molecule has 1 aromatic heterocycles. The molecule has 0 bridgehead atoms. The molecule has 0 saturated heterocycles. The van der Waals surface area contributed by atoms with Crippen LogP contribution in [0.1, 0.15) is 0 Å². The minimum absolute atomic E-state index is 0.919. The highest BCUT2D eigenvalue weighted by Crippen LogP contribution is 2.43. The van der Waals surface area contributed by atoms with Gasteiger partial charge in [0.2, 0.25) is 0 Å². The lowest BCUT2D eigenvalue weighted by atomic mass is 9.97. The van der Waals surface area contributed by atoms with Gasteiger partial charge in [0.05, 0.1) is 5.69 Å². The summed E-state index contributed by atoms with van der Waals surface area (Å²) < 4.78 is 6.84. The lowest BCUT2D eigenvalue weighted by Gasteiger charge is -2.28. The van der Waals surface area contributed by atoms with Crippen molar-refractivity contribution in [3.8, 4) is 44.5 Å². The van der Waals surface area contributed by atoms with Gasteiger partial charge in [-0.3, -0.25) is 0 Å². The van der Waals surface area contributed by atoms with Gasteiger partial charge in [0.25, 0.3) is 0 Å². The fourth-order valence-electron chi connectivity index (χ4n) is 8.61. The standard InChI is InChI=1S/C56H37NO/c1-3-12-38(13-4-1)40-28-33-46(34-29-40)57(53-21-10-9-17-48(53)42-14-5-2-6-15-42)47-35-30-41(31-36-47)39-22-24-44(25-23-39)50-19-11-20-51-52-37-32-45-27-26-43-16-7-8-18-49(43)54(45)56(52)58-55(50)51/h1-37H. The largest absolute Gasteiger partial charge is 0.455 e. The zero-order valence-corrected chi connectivity index (χ0v) is 31.7. The van der Waals surface area contributed by atoms with E-state index in [4.69, 9.17) is 4.42 Å². The smallest absolute Gasteiger partial charge is 0.143 e. The first kappa shape index (κ1) is 33.6. The molecule has 0 spiro atoms. The van der Waals surface area contributed by atoms with Gasteiger partial charge in [-0.25, -0.2) is 0 Å². The van der Waals surface area contributed by atoms with Gasteiger partial charge < -0.3 is 9.32 Å². The molecule has 58 heavy (non-hydrogen) atoms. The molecule has 10 aromatic carbocycles. The summed E-state index contributed by atoms with van der Waals surface area (Å²) in [7, 11) is 0. The number of fused-ring (bicyclic) bond motifs is 7. The number of benzene rings is 10. The number of hydrogen-bond donors (Lipinski definition) is 0. The van der Waals surface area contributed by atoms with Crippen LogP contribution in [0.4, 0.5) is 17.1 Å². The van der Waals surface area contributed by atoms with E-state index in [9.17, 15) is 0 Å². The number of hydrogen-bond acceptors (Lipinski definition) is 2. The second-order valence-corrected chi connectivity index (χ2v) is 14.9. The van der Waals surface area contributed by atoms with Crippen molar-refractivity contribution in [1.29, 1.82) is 0 Å². The molecule has 2 heteroatoms. The molecule has 0 atom stereocenters. The van der Waals surface area contributed by atoms with Crippen LogP contribution in [0, 0.1) is 0 Å². The summed E-state index contributed by atoms with van der Waals surface area (Å²) in [6.45, 7) is 0. The number of rotatable bonds is 7. The summed E-state index contributed by atoms with van der Waals surface area (Å²) in [5.74, 6) is 0. The lowest BCUT2D eigenvalue weighted by molar-refractivity contribution is 0.674. The Bertz CT molecular complexity index is 3240. The maximum absolute atomic E-state index is 6.84. The first-order valence-electron chi connectivity index (χ1n) is 19.8. The van der Waals surface area contributed by atoms with E-state index in [1.54, 1.807) is 0 Å². The average Bonchev–Trinajstić information content (AvgIpc) is 3.70. The summed E-state index contributed by atoms with van der Waals surface area (Å²) in [5.41, 5.74) is 14.5. The maximum atomic E-state index is 6.84. The molecule has 0 aliphatic rings. The molecule has 0 aliphatic carbocycles. The predicted molar refractivity (Wildman–Crippen MR) is 245 cm³/mol. The number of anilines is 3. The van der Waals surface area contributed by atoms with Crippen molar-refractivity contribution in [3.05, 3.63) is 224 Å². The van der Waals surface area contributed by atoms with Crippen LogP contribution in [-0.4, -0.2) is 0 Å². The molecule has 0 radical (unpaired) electrons. The summed E-state index contributed by atoms with van der Waals surface area (Å²) in [4.78, 5) is 2.37. The van der Waals surface area contributed by atoms with Gasteiger partial charge in [-0.05, 0) is 85.9 Å². The Balaban J connectivity index is 0.955. The van der Waals surface area contributed by atoms with Crippen molar-refractivity contribution in [2.45, 2.75) is 0 Å². The first-order valence-corrected chi connectivity index (χ1v) is 19.8. The predicted octanol–water partition coefficient (Wildman–Crippen LogP) is 16.0. The number of furan rings is 1. The monoisotopic (exact) mass is 739 g/mol.